The lowest BCUT2D eigenvalue weighted by molar-refractivity contribution is 0.0654. The Labute approximate surface area is 131 Å². The van der Waals surface area contributed by atoms with E-state index in [0.29, 0.717) is 19.6 Å². The second-order valence-corrected chi connectivity index (χ2v) is 6.96. The van der Waals surface area contributed by atoms with Crippen molar-refractivity contribution < 1.29 is 9.59 Å². The summed E-state index contributed by atoms with van der Waals surface area (Å²) in [6.45, 7) is 9.64. The summed E-state index contributed by atoms with van der Waals surface area (Å²) in [5.41, 5.74) is 0.428. The quantitative estimate of drug-likeness (QED) is 0.855. The number of carbonyl (C=O) groups excluding carboxylic acids is 2. The number of aromatic nitrogens is 2. The molecule has 0 bridgehead atoms. The van der Waals surface area contributed by atoms with Crippen LogP contribution in [-0.4, -0.2) is 71.4 Å². The minimum atomic E-state index is -0.311. The van der Waals surface area contributed by atoms with E-state index in [1.165, 1.54) is 6.33 Å². The summed E-state index contributed by atoms with van der Waals surface area (Å²) in [7, 11) is 2.03. The Balaban J connectivity index is 2.05. The second kappa shape index (κ2) is 6.48. The molecule has 22 heavy (non-hydrogen) atoms. The van der Waals surface area contributed by atoms with Crippen LogP contribution < -0.4 is 5.32 Å². The number of nitrogens with zero attached hydrogens (tertiary/aromatic N) is 3. The molecule has 2 heterocycles. The Kier molecular flexibility index (Phi) is 4.85. The number of rotatable bonds is 3. The van der Waals surface area contributed by atoms with E-state index in [4.69, 9.17) is 0 Å². The van der Waals surface area contributed by atoms with E-state index < -0.39 is 0 Å². The van der Waals surface area contributed by atoms with Crippen molar-refractivity contribution in [2.45, 2.75) is 20.8 Å². The zero-order chi connectivity index (χ0) is 16.3. The number of amides is 2. The van der Waals surface area contributed by atoms with Crippen molar-refractivity contribution in [2.75, 3.05) is 39.8 Å². The first-order valence-corrected chi connectivity index (χ1v) is 7.57. The molecule has 7 nitrogen and oxygen atoms in total. The second-order valence-electron chi connectivity index (χ2n) is 6.96. The van der Waals surface area contributed by atoms with E-state index in [9.17, 15) is 9.59 Å². The average Bonchev–Trinajstić information content (AvgIpc) is 2.93. The molecular weight excluding hydrogens is 282 g/mol. The summed E-state index contributed by atoms with van der Waals surface area (Å²) >= 11 is 0. The number of hydrogen-bond donors (Lipinski definition) is 2. The average molecular weight is 307 g/mol. The van der Waals surface area contributed by atoms with Crippen LogP contribution in [-0.2, 0) is 0 Å². The highest BCUT2D eigenvalue weighted by molar-refractivity contribution is 6.04. The largest absolute Gasteiger partial charge is 0.350 e. The van der Waals surface area contributed by atoms with Gasteiger partial charge in [-0.2, -0.15) is 0 Å². The SMILES string of the molecule is CN1CCN(C(=O)c2[nH]cnc2C(=O)NCC(C)(C)C)CC1. The van der Waals surface area contributed by atoms with Crippen molar-refractivity contribution in [3.05, 3.63) is 17.7 Å². The summed E-state index contributed by atoms with van der Waals surface area (Å²) in [6.07, 6.45) is 1.40. The van der Waals surface area contributed by atoms with E-state index in [1.807, 2.05) is 27.8 Å². The lowest BCUT2D eigenvalue weighted by Crippen LogP contribution is -2.47. The number of likely N-dealkylation sites (N-methyl/N-ethyl adjacent to an activating group) is 1. The molecule has 0 aliphatic carbocycles. The molecule has 1 aliphatic heterocycles. The number of carbonyl (C=O) groups is 2. The van der Waals surface area contributed by atoms with Gasteiger partial charge in [0.25, 0.3) is 11.8 Å². The molecule has 0 spiro atoms. The maximum Gasteiger partial charge on any atom is 0.272 e. The summed E-state index contributed by atoms with van der Waals surface area (Å²) in [5.74, 6) is -0.472. The normalized spacial score (nSPS) is 16.6. The van der Waals surface area contributed by atoms with Crippen molar-refractivity contribution in [2.24, 2.45) is 5.41 Å². The van der Waals surface area contributed by atoms with Gasteiger partial charge in [0.05, 0.1) is 6.33 Å². The monoisotopic (exact) mass is 307 g/mol. The van der Waals surface area contributed by atoms with Gasteiger partial charge in [0.2, 0.25) is 0 Å². The topological polar surface area (TPSA) is 81.3 Å². The minimum Gasteiger partial charge on any atom is -0.350 e. The smallest absolute Gasteiger partial charge is 0.272 e. The molecule has 2 amide bonds. The lowest BCUT2D eigenvalue weighted by Gasteiger charge is -2.32. The van der Waals surface area contributed by atoms with E-state index in [-0.39, 0.29) is 28.6 Å². The predicted molar refractivity (Wildman–Crippen MR) is 83.8 cm³/mol. The van der Waals surface area contributed by atoms with Crippen LogP contribution in [0.3, 0.4) is 0 Å². The van der Waals surface area contributed by atoms with Crippen LogP contribution in [0, 0.1) is 5.41 Å². The number of piperazine rings is 1. The fourth-order valence-electron chi connectivity index (χ4n) is 2.23. The van der Waals surface area contributed by atoms with Gasteiger partial charge in [-0.25, -0.2) is 4.98 Å². The van der Waals surface area contributed by atoms with E-state index in [2.05, 4.69) is 20.2 Å². The molecule has 0 aromatic carbocycles. The van der Waals surface area contributed by atoms with Gasteiger partial charge < -0.3 is 20.1 Å². The van der Waals surface area contributed by atoms with Crippen molar-refractivity contribution in [1.82, 2.24) is 25.1 Å². The molecule has 0 radical (unpaired) electrons. The molecule has 122 valence electrons. The first kappa shape index (κ1) is 16.5. The van der Waals surface area contributed by atoms with Crippen LogP contribution in [0.4, 0.5) is 0 Å². The summed E-state index contributed by atoms with van der Waals surface area (Å²) in [6, 6.07) is 0. The Morgan fingerprint density at radius 2 is 1.91 bits per heavy atom. The van der Waals surface area contributed by atoms with Gasteiger partial charge in [-0.3, -0.25) is 9.59 Å². The zero-order valence-electron chi connectivity index (χ0n) is 13.8. The van der Waals surface area contributed by atoms with Gasteiger partial charge in [0.15, 0.2) is 5.69 Å². The Morgan fingerprint density at radius 1 is 1.27 bits per heavy atom. The van der Waals surface area contributed by atoms with Crippen LogP contribution in [0.2, 0.25) is 0 Å². The van der Waals surface area contributed by atoms with Crippen LogP contribution in [0.25, 0.3) is 0 Å². The first-order valence-electron chi connectivity index (χ1n) is 7.57. The van der Waals surface area contributed by atoms with Gasteiger partial charge in [0.1, 0.15) is 5.69 Å². The lowest BCUT2D eigenvalue weighted by atomic mass is 9.97. The molecule has 1 aliphatic rings. The summed E-state index contributed by atoms with van der Waals surface area (Å²) < 4.78 is 0. The van der Waals surface area contributed by atoms with Crippen molar-refractivity contribution in [3.8, 4) is 0 Å². The molecule has 1 saturated heterocycles. The number of aromatic amines is 1. The molecule has 7 heteroatoms. The van der Waals surface area contributed by atoms with Gasteiger partial charge in [-0.05, 0) is 12.5 Å². The Hall–Kier alpha value is -1.89. The number of H-pyrrole nitrogens is 1. The molecule has 0 atom stereocenters. The summed E-state index contributed by atoms with van der Waals surface area (Å²) in [4.78, 5) is 35.6. The van der Waals surface area contributed by atoms with Crippen LogP contribution in [0.5, 0.6) is 0 Å². The molecule has 1 aromatic rings. The van der Waals surface area contributed by atoms with Crippen molar-refractivity contribution in [3.63, 3.8) is 0 Å². The highest BCUT2D eigenvalue weighted by Gasteiger charge is 2.27. The van der Waals surface area contributed by atoms with Crippen LogP contribution >= 0.6 is 0 Å². The van der Waals surface area contributed by atoms with Crippen LogP contribution in [0.1, 0.15) is 41.7 Å². The number of imidazole rings is 1. The predicted octanol–water partition coefficient (Wildman–Crippen LogP) is 0.573. The minimum absolute atomic E-state index is 0.0202. The van der Waals surface area contributed by atoms with Crippen LogP contribution in [0.15, 0.2) is 6.33 Å². The maximum atomic E-state index is 12.6. The van der Waals surface area contributed by atoms with Gasteiger partial charge in [0, 0.05) is 32.7 Å². The van der Waals surface area contributed by atoms with E-state index >= 15 is 0 Å². The van der Waals surface area contributed by atoms with Gasteiger partial charge in [-0.1, -0.05) is 20.8 Å². The number of hydrogen-bond acceptors (Lipinski definition) is 4. The van der Waals surface area contributed by atoms with Crippen molar-refractivity contribution >= 4 is 11.8 Å². The van der Waals surface area contributed by atoms with E-state index in [0.717, 1.165) is 13.1 Å². The third-order valence-corrected chi connectivity index (χ3v) is 3.64. The highest BCUT2D eigenvalue weighted by Crippen LogP contribution is 2.13. The molecule has 0 saturated carbocycles. The third kappa shape index (κ3) is 4.07. The maximum absolute atomic E-state index is 12.6. The fraction of sp³-hybridized carbons (Fsp3) is 0.667. The first-order chi connectivity index (χ1) is 10.3. The molecule has 0 unspecified atom stereocenters. The van der Waals surface area contributed by atoms with Gasteiger partial charge in [-0.15, -0.1) is 0 Å². The zero-order valence-corrected chi connectivity index (χ0v) is 13.8. The fourth-order valence-corrected chi connectivity index (χ4v) is 2.23. The third-order valence-electron chi connectivity index (χ3n) is 3.64. The summed E-state index contributed by atoms with van der Waals surface area (Å²) in [5, 5.41) is 2.83. The van der Waals surface area contributed by atoms with Gasteiger partial charge >= 0.3 is 0 Å². The molecule has 1 fully saturated rings. The Bertz CT molecular complexity index is 538. The molecule has 1 aromatic heterocycles. The van der Waals surface area contributed by atoms with Crippen molar-refractivity contribution in [1.29, 1.82) is 0 Å². The molecular formula is C15H25N5O2. The molecule has 2 rings (SSSR count). The number of nitrogens with one attached hydrogen (secondary N) is 2. The van der Waals surface area contributed by atoms with E-state index in [1.54, 1.807) is 4.90 Å². The Morgan fingerprint density at radius 3 is 2.50 bits per heavy atom. The molecule has 2 N–H and O–H groups in total. The highest BCUT2D eigenvalue weighted by atomic mass is 16.2. The standard InChI is InChI=1S/C15H25N5O2/c1-15(2,3)9-16-13(21)11-12(18-10-17-11)14(22)20-7-5-19(4)6-8-20/h10H,5-9H2,1-4H3,(H,16,21)(H,17,18).